The Morgan fingerprint density at radius 3 is 2.23 bits per heavy atom. The lowest BCUT2D eigenvalue weighted by Gasteiger charge is -2.26. The molecule has 0 atom stereocenters. The lowest BCUT2D eigenvalue weighted by molar-refractivity contribution is -0.114. The van der Waals surface area contributed by atoms with E-state index in [1.165, 1.54) is 16.4 Å². The van der Waals surface area contributed by atoms with Crippen molar-refractivity contribution in [1.82, 2.24) is 0 Å². The van der Waals surface area contributed by atoms with E-state index in [1.807, 2.05) is 58.0 Å². The van der Waals surface area contributed by atoms with Gasteiger partial charge in [0.05, 0.1) is 10.6 Å². The van der Waals surface area contributed by atoms with Crippen LogP contribution in [0.2, 0.25) is 0 Å². The second kappa shape index (κ2) is 8.71. The van der Waals surface area contributed by atoms with Crippen LogP contribution in [-0.4, -0.2) is 20.9 Å². The Labute approximate surface area is 178 Å². The van der Waals surface area contributed by atoms with Crippen molar-refractivity contribution < 1.29 is 13.2 Å². The van der Waals surface area contributed by atoms with E-state index in [1.54, 1.807) is 24.3 Å². The minimum atomic E-state index is -3.92. The quantitative estimate of drug-likeness (QED) is 0.623. The minimum absolute atomic E-state index is 0.143. The zero-order valence-corrected chi connectivity index (χ0v) is 18.5. The molecule has 3 rings (SSSR count). The van der Waals surface area contributed by atoms with Crippen LogP contribution in [0.1, 0.15) is 22.3 Å². The van der Waals surface area contributed by atoms with Gasteiger partial charge in [-0.15, -0.1) is 0 Å². The lowest BCUT2D eigenvalue weighted by atomic mass is 10.1. The van der Waals surface area contributed by atoms with Crippen molar-refractivity contribution in [1.29, 1.82) is 0 Å². The van der Waals surface area contributed by atoms with Crippen molar-refractivity contribution in [3.05, 3.63) is 89.0 Å². The van der Waals surface area contributed by atoms with Crippen molar-refractivity contribution in [2.24, 2.45) is 0 Å². The Morgan fingerprint density at radius 2 is 1.57 bits per heavy atom. The third kappa shape index (κ3) is 4.54. The van der Waals surface area contributed by atoms with Crippen LogP contribution in [0.15, 0.2) is 71.6 Å². The summed E-state index contributed by atoms with van der Waals surface area (Å²) in [7, 11) is -3.92. The van der Waals surface area contributed by atoms with Crippen LogP contribution >= 0.6 is 0 Å². The van der Waals surface area contributed by atoms with Gasteiger partial charge in [0, 0.05) is 5.69 Å². The monoisotopic (exact) mass is 422 g/mol. The molecule has 0 aliphatic heterocycles. The number of amides is 1. The number of hydrogen-bond donors (Lipinski definition) is 1. The zero-order valence-electron chi connectivity index (χ0n) is 17.6. The summed E-state index contributed by atoms with van der Waals surface area (Å²) in [4.78, 5) is 13.0. The van der Waals surface area contributed by atoms with Crippen LogP contribution in [-0.2, 0) is 14.8 Å². The fourth-order valence-electron chi connectivity index (χ4n) is 3.31. The van der Waals surface area contributed by atoms with Gasteiger partial charge in [0.1, 0.15) is 6.54 Å². The first-order valence-electron chi connectivity index (χ1n) is 9.71. The highest BCUT2D eigenvalue weighted by molar-refractivity contribution is 7.92. The van der Waals surface area contributed by atoms with Gasteiger partial charge in [-0.25, -0.2) is 8.42 Å². The maximum Gasteiger partial charge on any atom is 0.264 e. The van der Waals surface area contributed by atoms with Gasteiger partial charge < -0.3 is 5.32 Å². The number of carbonyl (C=O) groups is 1. The summed E-state index contributed by atoms with van der Waals surface area (Å²) in [6, 6.07) is 19.3. The Bertz CT molecular complexity index is 1170. The summed E-state index contributed by atoms with van der Waals surface area (Å²) in [6.45, 7) is 7.35. The number of nitrogens with zero attached hydrogens (tertiary/aromatic N) is 1. The number of rotatable bonds is 6. The molecular weight excluding hydrogens is 396 g/mol. The molecule has 3 aromatic carbocycles. The number of benzene rings is 3. The number of anilines is 2. The van der Waals surface area contributed by atoms with Gasteiger partial charge in [0.25, 0.3) is 10.0 Å². The van der Waals surface area contributed by atoms with E-state index in [0.717, 1.165) is 22.3 Å². The third-order valence-corrected chi connectivity index (χ3v) is 6.89. The van der Waals surface area contributed by atoms with Crippen LogP contribution < -0.4 is 9.62 Å². The van der Waals surface area contributed by atoms with Crippen LogP contribution in [0.4, 0.5) is 11.4 Å². The molecule has 1 N–H and O–H groups in total. The maximum atomic E-state index is 13.4. The fraction of sp³-hybridized carbons (Fsp3) is 0.208. The highest BCUT2D eigenvalue weighted by Crippen LogP contribution is 2.28. The van der Waals surface area contributed by atoms with E-state index in [4.69, 9.17) is 0 Å². The molecule has 0 fully saturated rings. The lowest BCUT2D eigenvalue weighted by Crippen LogP contribution is -2.38. The van der Waals surface area contributed by atoms with Gasteiger partial charge in [-0.2, -0.15) is 0 Å². The van der Waals surface area contributed by atoms with Crippen LogP contribution in [0.5, 0.6) is 0 Å². The maximum absolute atomic E-state index is 13.4. The summed E-state index contributed by atoms with van der Waals surface area (Å²) >= 11 is 0. The topological polar surface area (TPSA) is 66.5 Å². The van der Waals surface area contributed by atoms with Gasteiger partial charge in [0.15, 0.2) is 0 Å². The van der Waals surface area contributed by atoms with Crippen LogP contribution in [0.3, 0.4) is 0 Å². The minimum Gasteiger partial charge on any atom is -0.324 e. The molecule has 0 heterocycles. The van der Waals surface area contributed by atoms with Crippen LogP contribution in [0.25, 0.3) is 0 Å². The highest BCUT2D eigenvalue weighted by Gasteiger charge is 2.28. The van der Waals surface area contributed by atoms with Gasteiger partial charge in [-0.05, 0) is 68.7 Å². The first-order chi connectivity index (χ1) is 14.2. The first-order valence-corrected chi connectivity index (χ1v) is 11.2. The normalized spacial score (nSPS) is 11.2. The fourth-order valence-corrected chi connectivity index (χ4v) is 4.82. The number of sulfonamides is 1. The van der Waals surface area contributed by atoms with Gasteiger partial charge in [0.2, 0.25) is 5.91 Å². The SMILES string of the molecule is Cc1ccc(N(CC(=O)Nc2cccc(C)c2C)S(=O)(=O)c2ccccc2)c(C)c1. The predicted octanol–water partition coefficient (Wildman–Crippen LogP) is 4.75. The van der Waals surface area contributed by atoms with Crippen molar-refractivity contribution >= 4 is 27.3 Å². The molecule has 0 spiro atoms. The van der Waals surface area contributed by atoms with Crippen molar-refractivity contribution in [3.63, 3.8) is 0 Å². The zero-order chi connectivity index (χ0) is 21.9. The largest absolute Gasteiger partial charge is 0.324 e. The molecule has 0 aliphatic carbocycles. The van der Waals surface area contributed by atoms with Crippen molar-refractivity contribution in [3.8, 4) is 0 Å². The summed E-state index contributed by atoms with van der Waals surface area (Å²) in [5.41, 5.74) is 4.98. The van der Waals surface area contributed by atoms with Gasteiger partial charge in [-0.1, -0.05) is 48.0 Å². The summed E-state index contributed by atoms with van der Waals surface area (Å²) in [6.07, 6.45) is 0. The molecule has 156 valence electrons. The second-order valence-electron chi connectivity index (χ2n) is 7.41. The Kier molecular flexibility index (Phi) is 6.27. The number of carbonyl (C=O) groups excluding carboxylic acids is 1. The Balaban J connectivity index is 1.99. The van der Waals surface area contributed by atoms with E-state index >= 15 is 0 Å². The molecule has 0 unspecified atom stereocenters. The second-order valence-corrected chi connectivity index (χ2v) is 9.27. The molecule has 6 heteroatoms. The Morgan fingerprint density at radius 1 is 0.867 bits per heavy atom. The molecule has 0 saturated heterocycles. The van der Waals surface area contributed by atoms with E-state index in [9.17, 15) is 13.2 Å². The summed E-state index contributed by atoms with van der Waals surface area (Å²) in [5, 5.41) is 2.86. The first kappa shape index (κ1) is 21.6. The van der Waals surface area contributed by atoms with Crippen LogP contribution in [0, 0.1) is 27.7 Å². The highest BCUT2D eigenvalue weighted by atomic mass is 32.2. The summed E-state index contributed by atoms with van der Waals surface area (Å²) < 4.78 is 28.0. The number of aryl methyl sites for hydroxylation is 3. The van der Waals surface area contributed by atoms with Gasteiger partial charge >= 0.3 is 0 Å². The molecule has 0 aliphatic rings. The average Bonchev–Trinajstić information content (AvgIpc) is 2.71. The van der Waals surface area contributed by atoms with E-state index in [2.05, 4.69) is 5.32 Å². The Hall–Kier alpha value is -3.12. The van der Waals surface area contributed by atoms with E-state index in [-0.39, 0.29) is 11.4 Å². The third-order valence-electron chi connectivity index (χ3n) is 5.12. The molecule has 0 radical (unpaired) electrons. The standard InChI is InChI=1S/C24H26N2O3S/c1-17-13-14-23(19(3)15-17)26(30(28,29)21-10-6-5-7-11-21)16-24(27)25-22-12-8-9-18(2)20(22)4/h5-15H,16H2,1-4H3,(H,25,27). The molecule has 5 nitrogen and oxygen atoms in total. The number of nitrogens with one attached hydrogen (secondary N) is 1. The molecule has 0 aromatic heterocycles. The molecule has 0 saturated carbocycles. The van der Waals surface area contributed by atoms with E-state index < -0.39 is 15.9 Å². The summed E-state index contributed by atoms with van der Waals surface area (Å²) in [5.74, 6) is -0.400. The predicted molar refractivity (Wildman–Crippen MR) is 121 cm³/mol. The molecular formula is C24H26N2O3S. The van der Waals surface area contributed by atoms with Gasteiger partial charge in [-0.3, -0.25) is 9.10 Å². The van der Waals surface area contributed by atoms with Crippen molar-refractivity contribution in [2.45, 2.75) is 32.6 Å². The molecule has 0 bridgehead atoms. The molecule has 1 amide bonds. The smallest absolute Gasteiger partial charge is 0.264 e. The molecule has 30 heavy (non-hydrogen) atoms. The number of hydrogen-bond acceptors (Lipinski definition) is 3. The molecule has 3 aromatic rings. The van der Waals surface area contributed by atoms with E-state index in [0.29, 0.717) is 11.4 Å². The average molecular weight is 423 g/mol. The van der Waals surface area contributed by atoms with Crippen molar-refractivity contribution in [2.75, 3.05) is 16.2 Å².